The number of hydrogen-bond donors (Lipinski definition) is 0. The average Bonchev–Trinajstić information content (AvgIpc) is 3.31. The predicted octanol–water partition coefficient (Wildman–Crippen LogP) is 3.04. The molecule has 2 aliphatic heterocycles. The van der Waals surface area contributed by atoms with Crippen LogP contribution in [0.25, 0.3) is 0 Å². The molecule has 1 aromatic heterocycles. The fraction of sp³-hybridized carbons (Fsp3) is 0.750. The first-order chi connectivity index (χ1) is 12.7. The van der Waals surface area contributed by atoms with Crippen LogP contribution in [0.2, 0.25) is 0 Å². The zero-order valence-corrected chi connectivity index (χ0v) is 16.9. The molecule has 0 N–H and O–H groups in total. The second-order valence-electron chi connectivity index (χ2n) is 7.56. The number of carbonyl (C=O) groups excluding carboxylic acids is 1. The highest BCUT2D eigenvalue weighted by atomic mass is 32.1. The molecule has 2 aliphatic rings. The summed E-state index contributed by atoms with van der Waals surface area (Å²) in [5.41, 5.74) is 1.09. The average molecular weight is 381 g/mol. The van der Waals surface area contributed by atoms with Gasteiger partial charge in [0.15, 0.2) is 0 Å². The van der Waals surface area contributed by atoms with E-state index >= 15 is 0 Å². The van der Waals surface area contributed by atoms with Crippen molar-refractivity contribution in [1.82, 2.24) is 9.80 Å². The van der Waals surface area contributed by atoms with E-state index in [4.69, 9.17) is 9.47 Å². The van der Waals surface area contributed by atoms with E-state index in [1.165, 1.54) is 0 Å². The molecule has 0 aliphatic carbocycles. The Labute approximate surface area is 161 Å². The number of hydrogen-bond acceptors (Lipinski definition) is 5. The van der Waals surface area contributed by atoms with Crippen molar-refractivity contribution in [3.05, 3.63) is 21.9 Å². The Morgan fingerprint density at radius 2 is 2.15 bits per heavy atom. The first-order valence-corrected chi connectivity index (χ1v) is 10.7. The third-order valence-corrected chi connectivity index (χ3v) is 6.59. The van der Waals surface area contributed by atoms with Crippen LogP contribution in [0.3, 0.4) is 0 Å². The van der Waals surface area contributed by atoms with Gasteiger partial charge < -0.3 is 19.3 Å². The predicted molar refractivity (Wildman–Crippen MR) is 105 cm³/mol. The highest BCUT2D eigenvalue weighted by molar-refractivity contribution is 7.12. The molecule has 3 heterocycles. The van der Waals surface area contributed by atoms with Gasteiger partial charge >= 0.3 is 0 Å². The van der Waals surface area contributed by atoms with E-state index in [0.29, 0.717) is 5.92 Å². The van der Waals surface area contributed by atoms with E-state index in [0.717, 1.165) is 82.1 Å². The number of piperidine rings is 1. The number of aryl methyl sites for hydroxylation is 1. The van der Waals surface area contributed by atoms with Crippen molar-refractivity contribution in [2.45, 2.75) is 38.7 Å². The highest BCUT2D eigenvalue weighted by Crippen LogP contribution is 2.24. The van der Waals surface area contributed by atoms with Crippen molar-refractivity contribution in [3.63, 3.8) is 0 Å². The number of thiophene rings is 1. The van der Waals surface area contributed by atoms with Crippen molar-refractivity contribution in [1.29, 1.82) is 0 Å². The molecule has 26 heavy (non-hydrogen) atoms. The lowest BCUT2D eigenvalue weighted by atomic mass is 9.95. The third kappa shape index (κ3) is 5.28. The number of ether oxygens (including phenoxy) is 2. The van der Waals surface area contributed by atoms with Gasteiger partial charge in [0.1, 0.15) is 0 Å². The molecule has 5 nitrogen and oxygen atoms in total. The van der Waals surface area contributed by atoms with E-state index in [1.54, 1.807) is 18.4 Å². The maximum Gasteiger partial charge on any atom is 0.264 e. The topological polar surface area (TPSA) is 42.0 Å². The Kier molecular flexibility index (Phi) is 7.49. The first kappa shape index (κ1) is 19.8. The molecule has 2 saturated heterocycles. The molecule has 1 amide bonds. The van der Waals surface area contributed by atoms with Gasteiger partial charge in [0.2, 0.25) is 0 Å². The molecule has 0 aromatic carbocycles. The fourth-order valence-electron chi connectivity index (χ4n) is 3.93. The summed E-state index contributed by atoms with van der Waals surface area (Å²) in [6, 6.07) is 2.04. The summed E-state index contributed by atoms with van der Waals surface area (Å²) in [6.45, 7) is 8.48. The molecule has 0 saturated carbocycles. The van der Waals surface area contributed by atoms with E-state index < -0.39 is 0 Å². The summed E-state index contributed by atoms with van der Waals surface area (Å²) < 4.78 is 11.0. The molecule has 1 atom stereocenters. The first-order valence-electron chi connectivity index (χ1n) is 9.83. The van der Waals surface area contributed by atoms with Crippen LogP contribution in [-0.2, 0) is 9.47 Å². The van der Waals surface area contributed by atoms with Crippen LogP contribution in [0, 0.1) is 12.8 Å². The van der Waals surface area contributed by atoms with Crippen LogP contribution in [0.5, 0.6) is 0 Å². The van der Waals surface area contributed by atoms with E-state index in [1.807, 2.05) is 18.4 Å². The molecule has 1 aromatic rings. The molecule has 3 rings (SSSR count). The van der Waals surface area contributed by atoms with E-state index in [9.17, 15) is 4.79 Å². The molecular weight excluding hydrogens is 348 g/mol. The quantitative estimate of drug-likeness (QED) is 0.695. The summed E-state index contributed by atoms with van der Waals surface area (Å²) in [5.74, 6) is 0.772. The van der Waals surface area contributed by atoms with Crippen molar-refractivity contribution >= 4 is 17.2 Å². The second kappa shape index (κ2) is 9.83. The minimum atomic E-state index is 0.190. The highest BCUT2D eigenvalue weighted by Gasteiger charge is 2.28. The fourth-order valence-corrected chi connectivity index (χ4v) is 4.83. The van der Waals surface area contributed by atoms with Gasteiger partial charge in [-0.15, -0.1) is 11.3 Å². The molecule has 2 fully saturated rings. The lowest BCUT2D eigenvalue weighted by molar-refractivity contribution is 0.0440. The molecular formula is C20H32N2O3S. The smallest absolute Gasteiger partial charge is 0.264 e. The minimum Gasteiger partial charge on any atom is -0.383 e. The Balaban J connectivity index is 1.59. The van der Waals surface area contributed by atoms with Gasteiger partial charge in [-0.2, -0.15) is 0 Å². The van der Waals surface area contributed by atoms with Gasteiger partial charge in [-0.1, -0.05) is 0 Å². The van der Waals surface area contributed by atoms with Gasteiger partial charge in [0.25, 0.3) is 5.91 Å². The molecule has 0 spiro atoms. The largest absolute Gasteiger partial charge is 0.383 e. The number of likely N-dealkylation sites (tertiary alicyclic amines) is 1. The van der Waals surface area contributed by atoms with E-state index in [-0.39, 0.29) is 12.0 Å². The van der Waals surface area contributed by atoms with Crippen LogP contribution in [0.4, 0.5) is 0 Å². The van der Waals surface area contributed by atoms with Crippen molar-refractivity contribution in [2.75, 3.05) is 53.0 Å². The van der Waals surface area contributed by atoms with Crippen LogP contribution in [0.1, 0.15) is 40.9 Å². The zero-order valence-electron chi connectivity index (χ0n) is 16.1. The SMILES string of the molecule is COCCN1CCC(CN(CC2CCCO2)C(=O)c2sccc2C)CC1. The number of nitrogens with zero attached hydrogens (tertiary/aromatic N) is 2. The Hall–Kier alpha value is -0.950. The Bertz CT molecular complexity index is 563. The second-order valence-corrected chi connectivity index (χ2v) is 8.47. The summed E-state index contributed by atoms with van der Waals surface area (Å²) in [6.07, 6.45) is 4.71. The van der Waals surface area contributed by atoms with Crippen LogP contribution in [0.15, 0.2) is 11.4 Å². The van der Waals surface area contributed by atoms with Gasteiger partial charge in [-0.05, 0) is 68.6 Å². The molecule has 1 unspecified atom stereocenters. The van der Waals surface area contributed by atoms with Crippen LogP contribution >= 0.6 is 11.3 Å². The zero-order chi connectivity index (χ0) is 18.4. The molecule has 0 radical (unpaired) electrons. The minimum absolute atomic E-state index is 0.190. The molecule has 0 bridgehead atoms. The van der Waals surface area contributed by atoms with Gasteiger partial charge in [0.05, 0.1) is 17.6 Å². The number of methoxy groups -OCH3 is 1. The molecule has 6 heteroatoms. The third-order valence-electron chi connectivity index (χ3n) is 5.59. The standard InChI is InChI=1S/C20H32N2O3S/c1-16-7-13-26-19(16)20(23)22(15-18-4-3-11-25-18)14-17-5-8-21(9-6-17)10-12-24-2/h7,13,17-18H,3-6,8-12,14-15H2,1-2H3. The summed E-state index contributed by atoms with van der Waals surface area (Å²) in [5, 5.41) is 2.01. The summed E-state index contributed by atoms with van der Waals surface area (Å²) >= 11 is 1.56. The van der Waals surface area contributed by atoms with Gasteiger partial charge in [0, 0.05) is 33.4 Å². The van der Waals surface area contributed by atoms with Crippen molar-refractivity contribution in [2.24, 2.45) is 5.92 Å². The number of carbonyl (C=O) groups is 1. The maximum absolute atomic E-state index is 13.1. The van der Waals surface area contributed by atoms with Crippen LogP contribution < -0.4 is 0 Å². The lowest BCUT2D eigenvalue weighted by Crippen LogP contribution is -2.44. The maximum atomic E-state index is 13.1. The normalized spacial score (nSPS) is 22.0. The Morgan fingerprint density at radius 1 is 1.35 bits per heavy atom. The van der Waals surface area contributed by atoms with Crippen molar-refractivity contribution in [3.8, 4) is 0 Å². The number of amides is 1. The van der Waals surface area contributed by atoms with Crippen LogP contribution in [-0.4, -0.2) is 74.9 Å². The van der Waals surface area contributed by atoms with Crippen molar-refractivity contribution < 1.29 is 14.3 Å². The van der Waals surface area contributed by atoms with Gasteiger partial charge in [-0.25, -0.2) is 0 Å². The number of rotatable bonds is 8. The summed E-state index contributed by atoms with van der Waals surface area (Å²) in [4.78, 5) is 18.6. The lowest BCUT2D eigenvalue weighted by Gasteiger charge is -2.35. The Morgan fingerprint density at radius 3 is 2.77 bits per heavy atom. The molecule has 146 valence electrons. The van der Waals surface area contributed by atoms with E-state index in [2.05, 4.69) is 9.80 Å². The van der Waals surface area contributed by atoms with Gasteiger partial charge in [-0.3, -0.25) is 4.79 Å². The summed E-state index contributed by atoms with van der Waals surface area (Å²) in [7, 11) is 1.76. The monoisotopic (exact) mass is 380 g/mol.